The molecule has 0 radical (unpaired) electrons. The number of aryl methyl sites for hydroxylation is 1. The Bertz CT molecular complexity index is 317. The molecule has 1 aliphatic carbocycles. The fourth-order valence-corrected chi connectivity index (χ4v) is 1.44. The fourth-order valence-electron chi connectivity index (χ4n) is 1.44. The molecule has 0 amide bonds. The minimum atomic E-state index is 1.14. The van der Waals surface area contributed by atoms with E-state index in [1.54, 1.807) is 0 Å². The average Bonchev–Trinajstić information content (AvgIpc) is 2.43. The summed E-state index contributed by atoms with van der Waals surface area (Å²) in [6.07, 6.45) is 10.1. The summed E-state index contributed by atoms with van der Waals surface area (Å²) >= 11 is 0. The van der Waals surface area contributed by atoms with Crippen LogP contribution >= 0.6 is 0 Å². The van der Waals surface area contributed by atoms with E-state index in [0.717, 1.165) is 6.42 Å². The first kappa shape index (κ1) is 15.7. The molecule has 0 saturated heterocycles. The van der Waals surface area contributed by atoms with E-state index in [1.165, 1.54) is 24.0 Å². The Morgan fingerprint density at radius 3 is 2.00 bits per heavy atom. The van der Waals surface area contributed by atoms with E-state index in [1.807, 2.05) is 19.9 Å². The fraction of sp³-hybridized carbons (Fsp3) is 0.412. The average molecular weight is 230 g/mol. The van der Waals surface area contributed by atoms with E-state index in [-0.39, 0.29) is 0 Å². The molecular weight excluding hydrogens is 204 g/mol. The molecular formula is C17H26. The largest absolute Gasteiger partial charge is 0.0842 e. The van der Waals surface area contributed by atoms with E-state index >= 15 is 0 Å². The highest BCUT2D eigenvalue weighted by Gasteiger charge is 1.88. The maximum absolute atomic E-state index is 2.20. The van der Waals surface area contributed by atoms with Gasteiger partial charge in [-0.15, -0.1) is 0 Å². The van der Waals surface area contributed by atoms with Crippen LogP contribution in [-0.4, -0.2) is 0 Å². The van der Waals surface area contributed by atoms with Gasteiger partial charge in [-0.3, -0.25) is 0 Å². The Hall–Kier alpha value is -1.30. The summed E-state index contributed by atoms with van der Waals surface area (Å²) in [6, 6.07) is 10.5. The molecule has 0 fully saturated rings. The third-order valence-electron chi connectivity index (χ3n) is 2.47. The first-order valence-corrected chi connectivity index (χ1v) is 6.69. The first-order valence-electron chi connectivity index (χ1n) is 6.69. The van der Waals surface area contributed by atoms with Crippen molar-refractivity contribution in [2.24, 2.45) is 0 Å². The molecule has 0 heterocycles. The van der Waals surface area contributed by atoms with Crippen molar-refractivity contribution in [3.05, 3.63) is 59.7 Å². The maximum atomic E-state index is 2.20. The summed E-state index contributed by atoms with van der Waals surface area (Å²) in [5.41, 5.74) is 2.91. The van der Waals surface area contributed by atoms with Crippen LogP contribution in [0.1, 0.15) is 46.1 Å². The summed E-state index contributed by atoms with van der Waals surface area (Å²) in [6.45, 7) is 8.33. The molecule has 2 rings (SSSR count). The number of rotatable bonds is 1. The lowest BCUT2D eigenvalue weighted by atomic mass is 10.1. The van der Waals surface area contributed by atoms with Crippen LogP contribution in [0.3, 0.4) is 0 Å². The Balaban J connectivity index is 0.000000265. The third-order valence-corrected chi connectivity index (χ3v) is 2.47. The second kappa shape index (κ2) is 11.2. The molecule has 0 heteroatoms. The van der Waals surface area contributed by atoms with Gasteiger partial charge in [0, 0.05) is 0 Å². The van der Waals surface area contributed by atoms with Gasteiger partial charge in [-0.1, -0.05) is 74.9 Å². The van der Waals surface area contributed by atoms with E-state index < -0.39 is 0 Å². The minimum absolute atomic E-state index is 1.14. The van der Waals surface area contributed by atoms with E-state index in [0.29, 0.717) is 0 Å². The van der Waals surface area contributed by atoms with Crippen LogP contribution in [0.15, 0.2) is 54.1 Å². The highest BCUT2D eigenvalue weighted by Crippen LogP contribution is 2.08. The van der Waals surface area contributed by atoms with E-state index in [2.05, 4.69) is 56.3 Å². The lowest BCUT2D eigenvalue weighted by Crippen LogP contribution is -1.78. The van der Waals surface area contributed by atoms with Gasteiger partial charge < -0.3 is 0 Å². The quantitative estimate of drug-likeness (QED) is 0.592. The Kier molecular flexibility index (Phi) is 10.3. The van der Waals surface area contributed by atoms with Gasteiger partial charge in [0.25, 0.3) is 0 Å². The highest BCUT2D eigenvalue weighted by atomic mass is 13.9. The molecule has 0 atom stereocenters. The Morgan fingerprint density at radius 1 is 1.06 bits per heavy atom. The standard InChI is InChI=1S/C8H10.C7H10.C2H6/c1-2-8-6-4-3-5-7-8;1-7-5-3-2-4-6-7;1-2/h3-7H,2H2,1H3;2-3,5H,4,6H2,1H3;1-2H3. The van der Waals surface area contributed by atoms with Crippen molar-refractivity contribution >= 4 is 0 Å². The van der Waals surface area contributed by atoms with E-state index in [4.69, 9.17) is 0 Å². The molecule has 17 heavy (non-hydrogen) atoms. The summed E-state index contributed by atoms with van der Waals surface area (Å²) < 4.78 is 0. The van der Waals surface area contributed by atoms with Crippen molar-refractivity contribution in [3.8, 4) is 0 Å². The van der Waals surface area contributed by atoms with Crippen molar-refractivity contribution in [2.75, 3.05) is 0 Å². The zero-order valence-electron chi connectivity index (χ0n) is 11.7. The molecule has 0 aromatic heterocycles. The summed E-state index contributed by atoms with van der Waals surface area (Å²) in [4.78, 5) is 0. The van der Waals surface area contributed by atoms with Crippen LogP contribution in [0, 0.1) is 0 Å². The first-order chi connectivity index (χ1) is 8.33. The summed E-state index contributed by atoms with van der Waals surface area (Å²) in [7, 11) is 0. The predicted octanol–water partition coefficient (Wildman–Crippen LogP) is 5.56. The smallest absolute Gasteiger partial charge is 0.0285 e. The predicted molar refractivity (Wildman–Crippen MR) is 79.3 cm³/mol. The van der Waals surface area contributed by atoms with Crippen LogP contribution in [0.25, 0.3) is 0 Å². The number of hydrogen-bond donors (Lipinski definition) is 0. The van der Waals surface area contributed by atoms with Crippen LogP contribution in [-0.2, 0) is 6.42 Å². The van der Waals surface area contributed by atoms with Crippen molar-refractivity contribution in [2.45, 2.75) is 47.0 Å². The third kappa shape index (κ3) is 8.50. The molecule has 0 bridgehead atoms. The van der Waals surface area contributed by atoms with Crippen LogP contribution in [0.4, 0.5) is 0 Å². The molecule has 0 spiro atoms. The van der Waals surface area contributed by atoms with Gasteiger partial charge in [0.2, 0.25) is 0 Å². The maximum Gasteiger partial charge on any atom is -0.0285 e. The molecule has 0 nitrogen and oxygen atoms in total. The van der Waals surface area contributed by atoms with Crippen LogP contribution < -0.4 is 0 Å². The zero-order valence-corrected chi connectivity index (χ0v) is 11.7. The van der Waals surface area contributed by atoms with Gasteiger partial charge >= 0.3 is 0 Å². The monoisotopic (exact) mass is 230 g/mol. The molecule has 1 aromatic carbocycles. The molecule has 0 saturated carbocycles. The van der Waals surface area contributed by atoms with Gasteiger partial charge in [0.1, 0.15) is 0 Å². The second-order valence-corrected chi connectivity index (χ2v) is 3.82. The normalized spacial score (nSPS) is 12.6. The lowest BCUT2D eigenvalue weighted by molar-refractivity contribution is 0.962. The minimum Gasteiger partial charge on any atom is -0.0842 e. The topological polar surface area (TPSA) is 0 Å². The summed E-state index contributed by atoms with van der Waals surface area (Å²) in [5.74, 6) is 0. The molecule has 0 aliphatic heterocycles. The number of benzene rings is 1. The van der Waals surface area contributed by atoms with Gasteiger partial charge in [-0.05, 0) is 31.7 Å². The second-order valence-electron chi connectivity index (χ2n) is 3.82. The van der Waals surface area contributed by atoms with Crippen molar-refractivity contribution in [1.29, 1.82) is 0 Å². The van der Waals surface area contributed by atoms with Gasteiger partial charge in [-0.2, -0.15) is 0 Å². The number of allylic oxidation sites excluding steroid dienone is 4. The molecule has 0 N–H and O–H groups in total. The van der Waals surface area contributed by atoms with Gasteiger partial charge in [-0.25, -0.2) is 0 Å². The zero-order chi connectivity index (χ0) is 12.9. The van der Waals surface area contributed by atoms with Crippen LogP contribution in [0.5, 0.6) is 0 Å². The molecule has 1 aliphatic rings. The SMILES string of the molecule is CC.CC1=CC=CCC1.CCc1ccccc1. The summed E-state index contributed by atoms with van der Waals surface area (Å²) in [5, 5.41) is 0. The molecule has 1 aromatic rings. The Morgan fingerprint density at radius 2 is 1.71 bits per heavy atom. The number of hydrogen-bond acceptors (Lipinski definition) is 0. The molecule has 0 unspecified atom stereocenters. The Labute approximate surface area is 107 Å². The van der Waals surface area contributed by atoms with Gasteiger partial charge in [0.05, 0.1) is 0 Å². The van der Waals surface area contributed by atoms with Crippen molar-refractivity contribution in [1.82, 2.24) is 0 Å². The molecule has 94 valence electrons. The van der Waals surface area contributed by atoms with E-state index in [9.17, 15) is 0 Å². The highest BCUT2D eigenvalue weighted by molar-refractivity contribution is 5.15. The lowest BCUT2D eigenvalue weighted by Gasteiger charge is -1.98. The van der Waals surface area contributed by atoms with Crippen molar-refractivity contribution < 1.29 is 0 Å². The van der Waals surface area contributed by atoms with Crippen molar-refractivity contribution in [3.63, 3.8) is 0 Å². The van der Waals surface area contributed by atoms with Crippen LogP contribution in [0.2, 0.25) is 0 Å². The van der Waals surface area contributed by atoms with Gasteiger partial charge in [0.15, 0.2) is 0 Å².